The van der Waals surface area contributed by atoms with Crippen molar-refractivity contribution < 1.29 is 24.2 Å². The zero-order valence-corrected chi connectivity index (χ0v) is 26.9. The summed E-state index contributed by atoms with van der Waals surface area (Å²) < 4.78 is 5.98. The number of likely N-dealkylation sites (tertiary alicyclic amines) is 1. The zero-order chi connectivity index (χ0) is 31.8. The summed E-state index contributed by atoms with van der Waals surface area (Å²) in [5.41, 5.74) is 0.910. The largest absolute Gasteiger partial charge is 0.457 e. The number of hydrogen-bond donors (Lipinski definition) is 3. The first-order valence-corrected chi connectivity index (χ1v) is 17.0. The molecule has 0 unspecified atom stereocenters. The van der Waals surface area contributed by atoms with Crippen LogP contribution < -0.4 is 15.4 Å². The van der Waals surface area contributed by atoms with Crippen molar-refractivity contribution in [2.75, 3.05) is 32.8 Å². The summed E-state index contributed by atoms with van der Waals surface area (Å²) in [5.74, 6) is 1.95. The lowest BCUT2D eigenvalue weighted by atomic mass is 9.74. The first-order chi connectivity index (χ1) is 21.8. The van der Waals surface area contributed by atoms with Crippen molar-refractivity contribution in [3.8, 4) is 11.5 Å². The number of rotatable bonds is 12. The lowest BCUT2D eigenvalue weighted by Crippen LogP contribution is -2.74. The van der Waals surface area contributed by atoms with Gasteiger partial charge in [0.2, 0.25) is 11.8 Å². The number of carbonyl (C=O) groups is 3. The average Bonchev–Trinajstić information content (AvgIpc) is 3.07. The summed E-state index contributed by atoms with van der Waals surface area (Å²) in [6, 6.07) is 14.5. The molecule has 3 amide bonds. The molecule has 1 saturated carbocycles. The second-order valence-corrected chi connectivity index (χ2v) is 13.1. The summed E-state index contributed by atoms with van der Waals surface area (Å²) in [7, 11) is 0. The van der Waals surface area contributed by atoms with Gasteiger partial charge in [-0.15, -0.1) is 0 Å². The van der Waals surface area contributed by atoms with Crippen molar-refractivity contribution >= 4 is 17.7 Å². The molecule has 0 radical (unpaired) electrons. The molecule has 3 fully saturated rings. The molecule has 1 aliphatic carbocycles. The van der Waals surface area contributed by atoms with Crippen LogP contribution in [0.3, 0.4) is 0 Å². The van der Waals surface area contributed by atoms with E-state index in [2.05, 4.69) is 41.5 Å². The first kappa shape index (κ1) is 32.9. The molecule has 244 valence electrons. The maximum atomic E-state index is 14.0. The Hall–Kier alpha value is -3.43. The molecule has 45 heavy (non-hydrogen) atoms. The Labute approximate surface area is 267 Å². The number of nitrogens with zero attached hydrogens (tertiary/aromatic N) is 2. The molecule has 2 aliphatic heterocycles. The fourth-order valence-electron chi connectivity index (χ4n) is 7.35. The van der Waals surface area contributed by atoms with Gasteiger partial charge >= 0.3 is 0 Å². The molecule has 0 bridgehead atoms. The van der Waals surface area contributed by atoms with Crippen LogP contribution in [-0.4, -0.2) is 77.0 Å². The Morgan fingerprint density at radius 3 is 2.29 bits per heavy atom. The number of ether oxygens (including phenoxy) is 1. The topological polar surface area (TPSA) is 111 Å². The van der Waals surface area contributed by atoms with Gasteiger partial charge in [-0.2, -0.15) is 0 Å². The monoisotopic (exact) mass is 618 g/mol. The minimum Gasteiger partial charge on any atom is -0.457 e. The van der Waals surface area contributed by atoms with Crippen LogP contribution >= 0.6 is 0 Å². The van der Waals surface area contributed by atoms with E-state index >= 15 is 0 Å². The van der Waals surface area contributed by atoms with Crippen molar-refractivity contribution in [1.82, 2.24) is 20.4 Å². The van der Waals surface area contributed by atoms with Crippen LogP contribution in [0, 0.1) is 11.8 Å². The minimum atomic E-state index is -0.752. The number of unbranched alkanes of at least 4 members (excludes halogenated alkanes) is 1. The lowest BCUT2D eigenvalue weighted by Gasteiger charge is -2.53. The van der Waals surface area contributed by atoms with Crippen LogP contribution in [-0.2, 0) is 16.1 Å². The third-order valence-electron chi connectivity index (χ3n) is 10.2. The molecular weight excluding hydrogens is 568 g/mol. The van der Waals surface area contributed by atoms with Gasteiger partial charge in [0.15, 0.2) is 0 Å². The third kappa shape index (κ3) is 7.69. The Bertz CT molecular complexity index is 1280. The van der Waals surface area contributed by atoms with Gasteiger partial charge in [0.25, 0.3) is 5.91 Å². The van der Waals surface area contributed by atoms with Crippen molar-refractivity contribution in [3.05, 3.63) is 59.7 Å². The van der Waals surface area contributed by atoms with Gasteiger partial charge in [0, 0.05) is 38.3 Å². The van der Waals surface area contributed by atoms with Crippen molar-refractivity contribution in [3.63, 3.8) is 0 Å². The fourth-order valence-corrected chi connectivity index (χ4v) is 7.35. The lowest BCUT2D eigenvalue weighted by molar-refractivity contribution is -0.163. The molecular formula is C36H50N4O5. The van der Waals surface area contributed by atoms with E-state index in [9.17, 15) is 14.4 Å². The van der Waals surface area contributed by atoms with E-state index in [4.69, 9.17) is 9.84 Å². The summed E-state index contributed by atoms with van der Waals surface area (Å²) in [5, 5.41) is 14.8. The standard InChI is InChI=1S/C36H50N4O5/c1-3-4-21-40-34(43)32(26(2)28-8-6-5-7-9-28)38-35(44)36(40)18-22-39(23-19-36)25-27-10-14-30(15-11-27)45-31-16-12-29(13-17-31)33(42)37-20-24-41/h10-17,26,28,32,41H,3-9,18-25H2,1-2H3,(H,37,42)(H,38,44)/t26-,32-/m1/s1. The van der Waals surface area contributed by atoms with Crippen molar-refractivity contribution in [1.29, 1.82) is 0 Å². The molecule has 2 atom stereocenters. The van der Waals surface area contributed by atoms with E-state index in [1.807, 2.05) is 17.0 Å². The maximum absolute atomic E-state index is 14.0. The van der Waals surface area contributed by atoms with Crippen LogP contribution in [0.25, 0.3) is 0 Å². The fraction of sp³-hybridized carbons (Fsp3) is 0.583. The van der Waals surface area contributed by atoms with Gasteiger partial charge in [0.05, 0.1) is 6.61 Å². The van der Waals surface area contributed by atoms with Gasteiger partial charge < -0.3 is 25.4 Å². The van der Waals surface area contributed by atoms with Crippen LogP contribution in [0.2, 0.25) is 0 Å². The number of piperidine rings is 1. The molecule has 2 heterocycles. The van der Waals surface area contributed by atoms with Crippen LogP contribution in [0.15, 0.2) is 48.5 Å². The van der Waals surface area contributed by atoms with Crippen molar-refractivity contribution in [2.45, 2.75) is 89.8 Å². The summed E-state index contributed by atoms with van der Waals surface area (Å²) >= 11 is 0. The second-order valence-electron chi connectivity index (χ2n) is 13.1. The number of aliphatic hydroxyl groups is 1. The van der Waals surface area contributed by atoms with Gasteiger partial charge in [0.1, 0.15) is 23.1 Å². The quantitative estimate of drug-likeness (QED) is 0.313. The van der Waals surface area contributed by atoms with Gasteiger partial charge in [-0.1, -0.05) is 64.5 Å². The predicted molar refractivity (Wildman–Crippen MR) is 174 cm³/mol. The average molecular weight is 619 g/mol. The molecule has 3 aliphatic rings. The van der Waals surface area contributed by atoms with Gasteiger partial charge in [-0.25, -0.2) is 0 Å². The van der Waals surface area contributed by atoms with Crippen molar-refractivity contribution in [2.24, 2.45) is 11.8 Å². The minimum absolute atomic E-state index is 0.0471. The maximum Gasteiger partial charge on any atom is 0.251 e. The number of nitrogens with one attached hydrogen (secondary N) is 2. The van der Waals surface area contributed by atoms with Crippen LogP contribution in [0.5, 0.6) is 11.5 Å². The zero-order valence-electron chi connectivity index (χ0n) is 26.9. The summed E-state index contributed by atoms with van der Waals surface area (Å²) in [6.45, 7) is 7.35. The molecule has 9 nitrogen and oxygen atoms in total. The first-order valence-electron chi connectivity index (χ1n) is 17.0. The summed E-state index contributed by atoms with van der Waals surface area (Å²) in [6.07, 6.45) is 9.23. The number of aliphatic hydroxyl groups excluding tert-OH is 1. The highest BCUT2D eigenvalue weighted by atomic mass is 16.5. The van der Waals surface area contributed by atoms with Gasteiger partial charge in [-0.3, -0.25) is 19.3 Å². The highest BCUT2D eigenvalue weighted by molar-refractivity contribution is 6.00. The Balaban J connectivity index is 1.17. The number of carbonyl (C=O) groups excluding carboxylic acids is 3. The number of hydrogen-bond acceptors (Lipinski definition) is 6. The normalized spacial score (nSPS) is 21.4. The number of piperazine rings is 1. The molecule has 1 spiro atoms. The molecule has 5 rings (SSSR count). The van der Waals surface area contributed by atoms with Crippen LogP contribution in [0.4, 0.5) is 0 Å². The third-order valence-corrected chi connectivity index (χ3v) is 10.2. The molecule has 2 saturated heterocycles. The molecule has 9 heteroatoms. The van der Waals surface area contributed by atoms with E-state index in [1.54, 1.807) is 24.3 Å². The Kier molecular flexibility index (Phi) is 11.2. The molecule has 0 aromatic heterocycles. The van der Waals surface area contributed by atoms with E-state index in [0.717, 1.165) is 50.9 Å². The Morgan fingerprint density at radius 1 is 1.02 bits per heavy atom. The van der Waals surface area contributed by atoms with E-state index in [1.165, 1.54) is 19.3 Å². The molecule has 2 aromatic carbocycles. The second kappa shape index (κ2) is 15.2. The number of benzene rings is 2. The van der Waals surface area contributed by atoms with Gasteiger partial charge in [-0.05, 0) is 73.1 Å². The Morgan fingerprint density at radius 2 is 1.67 bits per heavy atom. The van der Waals surface area contributed by atoms with Crippen LogP contribution in [0.1, 0.15) is 87.6 Å². The molecule has 3 N–H and O–H groups in total. The number of amides is 3. The highest BCUT2D eigenvalue weighted by Crippen LogP contribution is 2.38. The predicted octanol–water partition coefficient (Wildman–Crippen LogP) is 4.88. The smallest absolute Gasteiger partial charge is 0.251 e. The molecule has 2 aromatic rings. The van der Waals surface area contributed by atoms with E-state index < -0.39 is 11.6 Å². The van der Waals surface area contributed by atoms with E-state index in [-0.39, 0.29) is 36.8 Å². The SMILES string of the molecule is CCCCN1C(=O)[C@@H]([C@H](C)C2CCCCC2)NC(=O)C12CCN(Cc1ccc(Oc3ccc(C(=O)NCCO)cc3)cc1)CC2. The van der Waals surface area contributed by atoms with E-state index in [0.29, 0.717) is 42.4 Å². The summed E-state index contributed by atoms with van der Waals surface area (Å²) in [4.78, 5) is 44.3. The highest BCUT2D eigenvalue weighted by Gasteiger charge is 2.54.